The molecule has 42 heavy (non-hydrogen) atoms. The third-order valence-electron chi connectivity index (χ3n) is 6.57. The summed E-state index contributed by atoms with van der Waals surface area (Å²) in [6.07, 6.45) is -0.779. The van der Waals surface area contributed by atoms with Gasteiger partial charge < -0.3 is 10.1 Å². The summed E-state index contributed by atoms with van der Waals surface area (Å²) in [7, 11) is 0. The molecule has 0 radical (unpaired) electrons. The molecule has 216 valence electrons. The number of esters is 1. The Morgan fingerprint density at radius 1 is 0.929 bits per heavy atom. The van der Waals surface area contributed by atoms with Crippen LogP contribution in [0.2, 0.25) is 0 Å². The SMILES string of the molecule is CCC(=O)OOC(=O)C1=C(C(=O)OC(c2ccccc2)c2ccccc2)N2C(=O)C(NC(=O)Cc3cccs3)[C@H]2SC1. The number of nitrogens with one attached hydrogen (secondary N) is 1. The van der Waals surface area contributed by atoms with Gasteiger partial charge in [-0.25, -0.2) is 24.2 Å². The number of carbonyl (C=O) groups is 5. The van der Waals surface area contributed by atoms with E-state index < -0.39 is 41.3 Å². The molecule has 0 aliphatic carbocycles. The van der Waals surface area contributed by atoms with Crippen LogP contribution in [0.1, 0.15) is 35.5 Å². The van der Waals surface area contributed by atoms with Crippen LogP contribution < -0.4 is 5.32 Å². The van der Waals surface area contributed by atoms with Gasteiger partial charge in [0.05, 0.1) is 12.0 Å². The van der Waals surface area contributed by atoms with E-state index in [1.165, 1.54) is 30.0 Å². The van der Waals surface area contributed by atoms with Crippen molar-refractivity contribution in [3.63, 3.8) is 0 Å². The number of benzene rings is 2. The van der Waals surface area contributed by atoms with Crippen molar-refractivity contribution < 1.29 is 38.5 Å². The fourth-order valence-electron chi connectivity index (χ4n) is 4.50. The first-order valence-electron chi connectivity index (χ1n) is 13.1. The predicted octanol–water partition coefficient (Wildman–Crippen LogP) is 3.69. The molecule has 2 amide bonds. The van der Waals surface area contributed by atoms with E-state index in [0.717, 1.165) is 9.78 Å². The van der Waals surface area contributed by atoms with Crippen molar-refractivity contribution >= 4 is 52.8 Å². The predicted molar refractivity (Wildman–Crippen MR) is 153 cm³/mol. The minimum Gasteiger partial charge on any atom is -0.448 e. The van der Waals surface area contributed by atoms with E-state index in [1.54, 1.807) is 48.5 Å². The number of hydrogen-bond donors (Lipinski definition) is 1. The van der Waals surface area contributed by atoms with E-state index >= 15 is 0 Å². The molecule has 2 aliphatic rings. The summed E-state index contributed by atoms with van der Waals surface area (Å²) in [5.41, 5.74) is 0.840. The van der Waals surface area contributed by atoms with Crippen LogP contribution in [0.3, 0.4) is 0 Å². The summed E-state index contributed by atoms with van der Waals surface area (Å²) in [5.74, 6) is -3.79. The summed E-state index contributed by atoms with van der Waals surface area (Å²) in [6, 6.07) is 20.8. The molecule has 1 saturated heterocycles. The van der Waals surface area contributed by atoms with Crippen LogP contribution in [-0.2, 0) is 44.9 Å². The Balaban J connectivity index is 1.43. The van der Waals surface area contributed by atoms with Gasteiger partial charge in [0.25, 0.3) is 5.91 Å². The van der Waals surface area contributed by atoms with Crippen molar-refractivity contribution in [1.82, 2.24) is 10.2 Å². The molecule has 10 nitrogen and oxygen atoms in total. The molecule has 2 atom stereocenters. The molecule has 0 spiro atoms. The van der Waals surface area contributed by atoms with Gasteiger partial charge in [0.2, 0.25) is 5.91 Å². The van der Waals surface area contributed by atoms with Gasteiger partial charge >= 0.3 is 17.9 Å². The molecule has 1 aromatic heterocycles. The first-order chi connectivity index (χ1) is 20.4. The van der Waals surface area contributed by atoms with Gasteiger partial charge in [-0.15, -0.1) is 23.1 Å². The quantitative estimate of drug-likeness (QED) is 0.168. The fraction of sp³-hybridized carbons (Fsp3) is 0.233. The third-order valence-corrected chi connectivity index (χ3v) is 8.72. The van der Waals surface area contributed by atoms with Gasteiger partial charge in [-0.2, -0.15) is 0 Å². The van der Waals surface area contributed by atoms with Gasteiger partial charge in [-0.05, 0) is 22.6 Å². The Bertz CT molecular complexity index is 1470. The zero-order valence-electron chi connectivity index (χ0n) is 22.4. The summed E-state index contributed by atoms with van der Waals surface area (Å²) < 4.78 is 5.98. The van der Waals surface area contributed by atoms with Gasteiger partial charge in [0.1, 0.15) is 17.1 Å². The van der Waals surface area contributed by atoms with Crippen LogP contribution in [-0.4, -0.2) is 51.8 Å². The van der Waals surface area contributed by atoms with E-state index in [4.69, 9.17) is 9.62 Å². The minimum atomic E-state index is -1.09. The highest BCUT2D eigenvalue weighted by Crippen LogP contribution is 2.42. The lowest BCUT2D eigenvalue weighted by molar-refractivity contribution is -0.255. The Morgan fingerprint density at radius 3 is 2.19 bits per heavy atom. The molecule has 1 N–H and O–H groups in total. The fourth-order valence-corrected chi connectivity index (χ4v) is 6.53. The number of β-lactam (4-membered cyclic amide) rings is 1. The highest BCUT2D eigenvalue weighted by molar-refractivity contribution is 8.00. The molecule has 3 heterocycles. The Hall–Kier alpha value is -4.42. The Kier molecular flexibility index (Phi) is 9.03. The summed E-state index contributed by atoms with van der Waals surface area (Å²) in [5, 5.41) is 3.94. The van der Waals surface area contributed by atoms with Gasteiger partial charge in [-0.1, -0.05) is 73.7 Å². The van der Waals surface area contributed by atoms with Crippen molar-refractivity contribution in [3.8, 4) is 0 Å². The maximum Gasteiger partial charge on any atom is 0.385 e. The second-order valence-electron chi connectivity index (χ2n) is 9.32. The molecule has 5 rings (SSSR count). The topological polar surface area (TPSA) is 128 Å². The summed E-state index contributed by atoms with van der Waals surface area (Å²) in [6.45, 7) is 1.53. The number of fused-ring (bicyclic) bond motifs is 1. The van der Waals surface area contributed by atoms with Crippen LogP contribution in [0.25, 0.3) is 0 Å². The number of thiophene rings is 1. The van der Waals surface area contributed by atoms with Crippen LogP contribution in [0.4, 0.5) is 0 Å². The average molecular weight is 607 g/mol. The number of rotatable bonds is 9. The zero-order chi connectivity index (χ0) is 29.6. The van der Waals surface area contributed by atoms with Crippen LogP contribution >= 0.6 is 23.1 Å². The van der Waals surface area contributed by atoms with Crippen molar-refractivity contribution in [2.45, 2.75) is 37.3 Å². The van der Waals surface area contributed by atoms with E-state index in [2.05, 4.69) is 10.2 Å². The van der Waals surface area contributed by atoms with Crippen molar-refractivity contribution in [1.29, 1.82) is 0 Å². The second-order valence-corrected chi connectivity index (χ2v) is 11.5. The molecule has 1 fully saturated rings. The van der Waals surface area contributed by atoms with Crippen LogP contribution in [0.15, 0.2) is 89.4 Å². The molecule has 1 unspecified atom stereocenters. The monoisotopic (exact) mass is 606 g/mol. The molecule has 12 heteroatoms. The van der Waals surface area contributed by atoms with E-state index in [9.17, 15) is 24.0 Å². The number of amides is 2. The third kappa shape index (κ3) is 6.24. The number of ether oxygens (including phenoxy) is 1. The lowest BCUT2D eigenvalue weighted by atomic mass is 10.0. The number of nitrogens with zero attached hydrogens (tertiary/aromatic N) is 1. The number of hydrogen-bond acceptors (Lipinski definition) is 10. The smallest absolute Gasteiger partial charge is 0.385 e. The van der Waals surface area contributed by atoms with E-state index in [-0.39, 0.29) is 35.8 Å². The molecular formula is C30H26N2O8S2. The first-order valence-corrected chi connectivity index (χ1v) is 15.0. The normalized spacial score (nSPS) is 17.7. The highest BCUT2D eigenvalue weighted by Gasteiger charge is 2.55. The summed E-state index contributed by atoms with van der Waals surface area (Å²) >= 11 is 2.60. The Morgan fingerprint density at radius 2 is 1.60 bits per heavy atom. The average Bonchev–Trinajstić information content (AvgIpc) is 3.54. The van der Waals surface area contributed by atoms with Crippen LogP contribution in [0, 0.1) is 0 Å². The number of thioether (sulfide) groups is 1. The van der Waals surface area contributed by atoms with Crippen molar-refractivity contribution in [3.05, 3.63) is 105 Å². The van der Waals surface area contributed by atoms with E-state index in [1.807, 2.05) is 29.6 Å². The lowest BCUT2D eigenvalue weighted by Crippen LogP contribution is -2.71. The first kappa shape index (κ1) is 29.1. The van der Waals surface area contributed by atoms with Gasteiger partial charge in [0, 0.05) is 17.1 Å². The largest absolute Gasteiger partial charge is 0.448 e. The highest BCUT2D eigenvalue weighted by atomic mass is 32.2. The van der Waals surface area contributed by atoms with E-state index in [0.29, 0.717) is 11.1 Å². The number of carbonyl (C=O) groups excluding carboxylic acids is 5. The lowest BCUT2D eigenvalue weighted by Gasteiger charge is -2.49. The van der Waals surface area contributed by atoms with Crippen molar-refractivity contribution in [2.24, 2.45) is 0 Å². The summed E-state index contributed by atoms with van der Waals surface area (Å²) in [4.78, 5) is 75.7. The Labute approximate surface area is 249 Å². The zero-order valence-corrected chi connectivity index (χ0v) is 24.0. The van der Waals surface area contributed by atoms with Gasteiger partial charge in [0.15, 0.2) is 6.10 Å². The van der Waals surface area contributed by atoms with Crippen LogP contribution in [0.5, 0.6) is 0 Å². The molecule has 0 saturated carbocycles. The molecular weight excluding hydrogens is 580 g/mol. The second kappa shape index (κ2) is 13.0. The molecule has 2 aliphatic heterocycles. The minimum absolute atomic E-state index is 0.0364. The molecule has 2 aromatic carbocycles. The maximum absolute atomic E-state index is 13.9. The van der Waals surface area contributed by atoms with Gasteiger partial charge in [-0.3, -0.25) is 14.5 Å². The van der Waals surface area contributed by atoms with Crippen molar-refractivity contribution in [2.75, 3.05) is 5.75 Å². The molecule has 0 bridgehead atoms. The molecule has 3 aromatic rings. The standard InChI is InChI=1S/C30H26N2O8S2/c1-2-23(34)39-40-29(36)21-17-42-28-24(31-22(33)16-20-14-9-15-41-20)27(35)32(28)25(21)30(37)38-26(18-10-5-3-6-11-18)19-12-7-4-8-13-19/h3-15,24,26,28H,2,16-17H2,1H3,(H,31,33)/t24?,28-/m1/s1. The maximum atomic E-state index is 13.9.